The van der Waals surface area contributed by atoms with Crippen LogP contribution in [0.1, 0.15) is 10.4 Å². The van der Waals surface area contributed by atoms with Crippen molar-refractivity contribution in [3.8, 4) is 11.4 Å². The lowest BCUT2D eigenvalue weighted by molar-refractivity contribution is 0.830. The molecule has 4 rings (SSSR count). The predicted octanol–water partition coefficient (Wildman–Crippen LogP) is 4.32. The molecule has 122 valence electrons. The van der Waals surface area contributed by atoms with Crippen molar-refractivity contribution in [3.63, 3.8) is 0 Å². The van der Waals surface area contributed by atoms with Gasteiger partial charge in [-0.3, -0.25) is 4.79 Å². The average molecular weight is 345 g/mol. The molecule has 0 unspecified atom stereocenters. The second-order valence-electron chi connectivity index (χ2n) is 5.65. The fourth-order valence-corrected chi connectivity index (χ4v) is 3.41. The minimum atomic E-state index is -0.171. The van der Waals surface area contributed by atoms with Crippen molar-refractivity contribution in [3.05, 3.63) is 86.8 Å². The van der Waals surface area contributed by atoms with Gasteiger partial charge in [-0.25, -0.2) is 4.98 Å². The van der Waals surface area contributed by atoms with Crippen molar-refractivity contribution < 1.29 is 0 Å². The van der Waals surface area contributed by atoms with Gasteiger partial charge in [0.05, 0.1) is 22.0 Å². The van der Waals surface area contributed by atoms with Gasteiger partial charge in [-0.2, -0.15) is 9.78 Å². The summed E-state index contributed by atoms with van der Waals surface area (Å²) in [6.45, 7) is 2.03. The first-order valence-electron chi connectivity index (χ1n) is 7.90. The number of para-hydroxylation sites is 1. The Kier molecular flexibility index (Phi) is 3.99. The van der Waals surface area contributed by atoms with Crippen LogP contribution in [0.4, 0.5) is 0 Å². The fourth-order valence-electron chi connectivity index (χ4n) is 2.63. The zero-order valence-electron chi connectivity index (χ0n) is 13.6. The van der Waals surface area contributed by atoms with Crippen LogP contribution in [0, 0.1) is 6.92 Å². The quantitative estimate of drug-likeness (QED) is 0.519. The molecule has 4 aromatic rings. The molecule has 2 aromatic heterocycles. The Morgan fingerprint density at radius 2 is 1.80 bits per heavy atom. The molecule has 0 fully saturated rings. The third-order valence-electron chi connectivity index (χ3n) is 3.98. The highest BCUT2D eigenvalue weighted by atomic mass is 32.1. The molecule has 0 saturated heterocycles. The number of thiophene rings is 1. The van der Waals surface area contributed by atoms with E-state index in [1.54, 1.807) is 23.6 Å². The van der Waals surface area contributed by atoms with E-state index in [4.69, 9.17) is 0 Å². The maximum atomic E-state index is 13.0. The number of rotatable bonds is 3. The normalized spacial score (nSPS) is 11.4. The Hall–Kier alpha value is -3.05. The van der Waals surface area contributed by atoms with E-state index in [2.05, 4.69) is 10.1 Å². The first-order valence-corrected chi connectivity index (χ1v) is 8.77. The van der Waals surface area contributed by atoms with E-state index in [1.165, 1.54) is 4.68 Å². The number of nitrogens with zero attached hydrogens (tertiary/aromatic N) is 3. The summed E-state index contributed by atoms with van der Waals surface area (Å²) in [5.74, 6) is 0.537. The Morgan fingerprint density at radius 1 is 1.04 bits per heavy atom. The smallest absolute Gasteiger partial charge is 0.267 e. The van der Waals surface area contributed by atoms with Crippen LogP contribution in [0.5, 0.6) is 0 Å². The van der Waals surface area contributed by atoms with E-state index in [-0.39, 0.29) is 5.56 Å². The lowest BCUT2D eigenvalue weighted by Gasteiger charge is -2.09. The third kappa shape index (κ3) is 2.90. The molecule has 2 heterocycles. The molecule has 0 N–H and O–H groups in total. The molecule has 2 aromatic carbocycles. The Balaban J connectivity index is 1.97. The zero-order chi connectivity index (χ0) is 17.2. The van der Waals surface area contributed by atoms with Crippen molar-refractivity contribution in [2.45, 2.75) is 6.92 Å². The molecule has 0 spiro atoms. The summed E-state index contributed by atoms with van der Waals surface area (Å²) in [4.78, 5) is 18.7. The molecule has 0 atom stereocenters. The lowest BCUT2D eigenvalue weighted by Crippen LogP contribution is -2.20. The van der Waals surface area contributed by atoms with Crippen LogP contribution in [-0.4, -0.2) is 15.9 Å². The highest BCUT2D eigenvalue weighted by molar-refractivity contribution is 7.11. The monoisotopic (exact) mass is 345 g/mol. The summed E-state index contributed by atoms with van der Waals surface area (Å²) in [6.07, 6.45) is 1.73. The Bertz CT molecular complexity index is 1130. The van der Waals surface area contributed by atoms with E-state index in [0.29, 0.717) is 16.7 Å². The zero-order valence-corrected chi connectivity index (χ0v) is 14.4. The summed E-state index contributed by atoms with van der Waals surface area (Å²) in [6, 6.07) is 19.0. The van der Waals surface area contributed by atoms with Crippen LogP contribution < -0.4 is 5.56 Å². The Labute approximate surface area is 148 Å². The Morgan fingerprint density at radius 3 is 2.56 bits per heavy atom. The number of aryl methyl sites for hydroxylation is 1. The first-order chi connectivity index (χ1) is 12.2. The summed E-state index contributed by atoms with van der Waals surface area (Å²) in [7, 11) is 0. The molecule has 0 aliphatic heterocycles. The predicted molar refractivity (Wildman–Crippen MR) is 103 cm³/mol. The maximum Gasteiger partial charge on any atom is 0.282 e. The van der Waals surface area contributed by atoms with E-state index >= 15 is 0 Å². The van der Waals surface area contributed by atoms with Crippen LogP contribution in [-0.2, 0) is 0 Å². The summed E-state index contributed by atoms with van der Waals surface area (Å²) >= 11 is 1.59. The van der Waals surface area contributed by atoms with E-state index < -0.39 is 0 Å². The molecule has 0 amide bonds. The van der Waals surface area contributed by atoms with Crippen molar-refractivity contribution in [2.75, 3.05) is 0 Å². The van der Waals surface area contributed by atoms with E-state index in [1.807, 2.05) is 66.9 Å². The molecule has 0 bridgehead atoms. The van der Waals surface area contributed by atoms with Gasteiger partial charge in [0.2, 0.25) is 0 Å². The van der Waals surface area contributed by atoms with E-state index in [9.17, 15) is 4.79 Å². The standard InChI is InChI=1S/C20H15N3OS/c1-14-11-12-25-18(14)13-21-23-19(15-7-3-2-4-8-15)22-17-10-6-5-9-16(17)20(23)24/h2-13H,1H3. The summed E-state index contributed by atoms with van der Waals surface area (Å²) in [5, 5.41) is 7.03. The van der Waals surface area contributed by atoms with Crippen LogP contribution in [0.3, 0.4) is 0 Å². The fraction of sp³-hybridized carbons (Fsp3) is 0.0500. The second-order valence-corrected chi connectivity index (χ2v) is 6.60. The molecule has 0 aliphatic rings. The summed E-state index contributed by atoms with van der Waals surface area (Å²) in [5.41, 5.74) is 2.49. The van der Waals surface area contributed by atoms with Gasteiger partial charge in [-0.05, 0) is 36.1 Å². The summed E-state index contributed by atoms with van der Waals surface area (Å²) < 4.78 is 1.39. The van der Waals surface area contributed by atoms with Gasteiger partial charge in [-0.15, -0.1) is 11.3 Å². The van der Waals surface area contributed by atoms with Crippen molar-refractivity contribution in [1.82, 2.24) is 9.66 Å². The highest BCUT2D eigenvalue weighted by Crippen LogP contribution is 2.19. The van der Waals surface area contributed by atoms with E-state index in [0.717, 1.165) is 16.0 Å². The van der Waals surface area contributed by atoms with Crippen LogP contribution in [0.15, 0.2) is 75.9 Å². The molecular formula is C20H15N3OS. The van der Waals surface area contributed by atoms with Crippen LogP contribution >= 0.6 is 11.3 Å². The van der Waals surface area contributed by atoms with Gasteiger partial charge in [0, 0.05) is 5.56 Å². The van der Waals surface area contributed by atoms with Crippen molar-refractivity contribution in [1.29, 1.82) is 0 Å². The number of hydrogen-bond donors (Lipinski definition) is 0. The molecule has 0 saturated carbocycles. The second kappa shape index (κ2) is 6.45. The van der Waals surface area contributed by atoms with Gasteiger partial charge in [-0.1, -0.05) is 42.5 Å². The largest absolute Gasteiger partial charge is 0.282 e. The third-order valence-corrected chi connectivity index (χ3v) is 4.93. The highest BCUT2D eigenvalue weighted by Gasteiger charge is 2.12. The van der Waals surface area contributed by atoms with Gasteiger partial charge in [0.25, 0.3) is 5.56 Å². The SMILES string of the molecule is Cc1ccsc1C=Nn1c(-c2ccccc2)nc2ccccc2c1=O. The van der Waals surface area contributed by atoms with Crippen molar-refractivity contribution >= 4 is 28.5 Å². The number of fused-ring (bicyclic) bond motifs is 1. The lowest BCUT2D eigenvalue weighted by atomic mass is 10.2. The first kappa shape index (κ1) is 15.5. The minimum Gasteiger partial charge on any atom is -0.267 e. The number of benzene rings is 2. The molecule has 5 heteroatoms. The van der Waals surface area contributed by atoms with Crippen LogP contribution in [0.25, 0.3) is 22.3 Å². The van der Waals surface area contributed by atoms with Gasteiger partial charge in [0.1, 0.15) is 0 Å². The van der Waals surface area contributed by atoms with Gasteiger partial charge < -0.3 is 0 Å². The van der Waals surface area contributed by atoms with Crippen molar-refractivity contribution in [2.24, 2.45) is 5.10 Å². The van der Waals surface area contributed by atoms with Gasteiger partial charge in [0.15, 0.2) is 5.82 Å². The number of aromatic nitrogens is 2. The number of hydrogen-bond acceptors (Lipinski definition) is 4. The van der Waals surface area contributed by atoms with Gasteiger partial charge >= 0.3 is 0 Å². The molecule has 0 aliphatic carbocycles. The topological polar surface area (TPSA) is 47.2 Å². The average Bonchev–Trinajstić information content (AvgIpc) is 3.06. The van der Waals surface area contributed by atoms with Crippen LogP contribution in [0.2, 0.25) is 0 Å². The maximum absolute atomic E-state index is 13.0. The molecular weight excluding hydrogens is 330 g/mol. The minimum absolute atomic E-state index is 0.171. The molecule has 0 radical (unpaired) electrons. The molecule has 25 heavy (non-hydrogen) atoms. The molecule has 4 nitrogen and oxygen atoms in total.